The van der Waals surface area contributed by atoms with Gasteiger partial charge in [-0.05, 0) is 31.2 Å². The van der Waals surface area contributed by atoms with E-state index in [2.05, 4.69) is 15.5 Å². The second-order valence-electron chi connectivity index (χ2n) is 6.26. The molecule has 0 aliphatic rings. The molecular formula is C21H21N3O6S. The number of rotatable bonds is 9. The Bertz CT molecular complexity index is 1070. The monoisotopic (exact) mass is 443 g/mol. The molecule has 3 aromatic rings. The molecule has 0 aliphatic heterocycles. The molecule has 1 amide bonds. The van der Waals surface area contributed by atoms with Crippen molar-refractivity contribution in [3.05, 3.63) is 42.0 Å². The SMILES string of the molecule is COc1cc(-c2nnc(SCC(=O)Nc3cccc(C(C)=O)c3)o2)cc(OC)c1OC. The first-order valence-electron chi connectivity index (χ1n) is 9.12. The highest BCUT2D eigenvalue weighted by Crippen LogP contribution is 2.41. The van der Waals surface area contributed by atoms with E-state index in [1.54, 1.807) is 36.4 Å². The van der Waals surface area contributed by atoms with Gasteiger partial charge in [-0.2, -0.15) is 0 Å². The van der Waals surface area contributed by atoms with Crippen molar-refractivity contribution in [2.75, 3.05) is 32.4 Å². The Hall–Kier alpha value is -3.53. The molecule has 2 aromatic carbocycles. The van der Waals surface area contributed by atoms with Crippen LogP contribution < -0.4 is 19.5 Å². The molecule has 0 atom stereocenters. The second-order valence-corrected chi connectivity index (χ2v) is 7.19. The number of ketones is 1. The van der Waals surface area contributed by atoms with Crippen LogP contribution >= 0.6 is 11.8 Å². The summed E-state index contributed by atoms with van der Waals surface area (Å²) in [6.07, 6.45) is 0. The minimum atomic E-state index is -0.266. The van der Waals surface area contributed by atoms with Crippen LogP contribution in [0.5, 0.6) is 17.2 Å². The van der Waals surface area contributed by atoms with Crippen LogP contribution in [0.15, 0.2) is 46.0 Å². The largest absolute Gasteiger partial charge is 0.493 e. The first-order chi connectivity index (χ1) is 14.9. The quantitative estimate of drug-likeness (QED) is 0.391. The summed E-state index contributed by atoms with van der Waals surface area (Å²) in [6.45, 7) is 1.47. The van der Waals surface area contributed by atoms with E-state index in [4.69, 9.17) is 18.6 Å². The number of hydrogen-bond acceptors (Lipinski definition) is 9. The second kappa shape index (κ2) is 9.98. The van der Waals surface area contributed by atoms with Crippen molar-refractivity contribution >= 4 is 29.1 Å². The van der Waals surface area contributed by atoms with Gasteiger partial charge in [0, 0.05) is 16.8 Å². The van der Waals surface area contributed by atoms with Gasteiger partial charge in [-0.25, -0.2) is 0 Å². The van der Waals surface area contributed by atoms with Crippen molar-refractivity contribution in [1.82, 2.24) is 10.2 Å². The standard InChI is InChI=1S/C21H21N3O6S/c1-12(25)13-6-5-7-15(8-13)22-18(26)11-31-21-24-23-20(30-21)14-9-16(27-2)19(29-4)17(10-14)28-3/h5-10H,11H2,1-4H3,(H,22,26). The molecule has 1 aromatic heterocycles. The lowest BCUT2D eigenvalue weighted by atomic mass is 10.1. The minimum Gasteiger partial charge on any atom is -0.493 e. The summed E-state index contributed by atoms with van der Waals surface area (Å²) in [7, 11) is 4.55. The van der Waals surface area contributed by atoms with Crippen molar-refractivity contribution < 1.29 is 28.2 Å². The van der Waals surface area contributed by atoms with E-state index >= 15 is 0 Å². The van der Waals surface area contributed by atoms with E-state index in [-0.39, 0.29) is 28.6 Å². The zero-order valence-electron chi connectivity index (χ0n) is 17.4. The lowest BCUT2D eigenvalue weighted by molar-refractivity contribution is -0.113. The van der Waals surface area contributed by atoms with Gasteiger partial charge in [-0.1, -0.05) is 23.9 Å². The molecular weight excluding hydrogens is 422 g/mol. The summed E-state index contributed by atoms with van der Waals surface area (Å²) in [6, 6.07) is 10.1. The molecule has 31 heavy (non-hydrogen) atoms. The maximum Gasteiger partial charge on any atom is 0.277 e. The Morgan fingerprint density at radius 1 is 1.03 bits per heavy atom. The van der Waals surface area contributed by atoms with E-state index in [1.165, 1.54) is 28.3 Å². The van der Waals surface area contributed by atoms with Crippen LogP contribution in [0.3, 0.4) is 0 Å². The smallest absolute Gasteiger partial charge is 0.277 e. The molecule has 1 N–H and O–H groups in total. The van der Waals surface area contributed by atoms with E-state index in [0.717, 1.165) is 11.8 Å². The van der Waals surface area contributed by atoms with Crippen LogP contribution in [0.25, 0.3) is 11.5 Å². The fourth-order valence-electron chi connectivity index (χ4n) is 2.73. The van der Waals surface area contributed by atoms with Crippen LogP contribution in [-0.2, 0) is 4.79 Å². The van der Waals surface area contributed by atoms with Gasteiger partial charge in [-0.15, -0.1) is 10.2 Å². The Balaban J connectivity index is 1.67. The molecule has 1 heterocycles. The molecule has 0 unspecified atom stereocenters. The summed E-state index contributed by atoms with van der Waals surface area (Å²) < 4.78 is 21.6. The van der Waals surface area contributed by atoms with E-state index < -0.39 is 0 Å². The Labute approximate surface area is 183 Å². The molecule has 9 nitrogen and oxygen atoms in total. The maximum absolute atomic E-state index is 12.2. The number of hydrogen-bond donors (Lipinski definition) is 1. The number of carbonyl (C=O) groups excluding carboxylic acids is 2. The number of thioether (sulfide) groups is 1. The Morgan fingerprint density at radius 3 is 2.35 bits per heavy atom. The van der Waals surface area contributed by atoms with Crippen molar-refractivity contribution in [2.45, 2.75) is 12.1 Å². The first kappa shape index (κ1) is 22.2. The predicted molar refractivity (Wildman–Crippen MR) is 115 cm³/mol. The third-order valence-electron chi connectivity index (χ3n) is 4.20. The molecule has 0 bridgehead atoms. The van der Waals surface area contributed by atoms with Gasteiger partial charge in [0.1, 0.15) is 0 Å². The fourth-order valence-corrected chi connectivity index (χ4v) is 3.29. The average molecular weight is 443 g/mol. The molecule has 0 fully saturated rings. The molecule has 162 valence electrons. The van der Waals surface area contributed by atoms with Crippen LogP contribution in [0.2, 0.25) is 0 Å². The summed E-state index contributed by atoms with van der Waals surface area (Å²) >= 11 is 1.09. The van der Waals surface area contributed by atoms with Crippen LogP contribution in [0, 0.1) is 0 Å². The number of methoxy groups -OCH3 is 3. The number of amides is 1. The van der Waals surface area contributed by atoms with Crippen molar-refractivity contribution in [2.24, 2.45) is 0 Å². The molecule has 0 saturated heterocycles. The third kappa shape index (κ3) is 5.34. The highest BCUT2D eigenvalue weighted by Gasteiger charge is 2.18. The highest BCUT2D eigenvalue weighted by molar-refractivity contribution is 7.99. The van der Waals surface area contributed by atoms with Gasteiger partial charge in [0.2, 0.25) is 17.5 Å². The zero-order valence-corrected chi connectivity index (χ0v) is 18.2. The van der Waals surface area contributed by atoms with Crippen LogP contribution in [0.1, 0.15) is 17.3 Å². The van der Waals surface area contributed by atoms with E-state index in [0.29, 0.717) is 34.1 Å². The zero-order chi connectivity index (χ0) is 22.4. The number of aromatic nitrogens is 2. The molecule has 0 radical (unpaired) electrons. The van der Waals surface area contributed by atoms with Crippen molar-refractivity contribution in [3.63, 3.8) is 0 Å². The summed E-state index contributed by atoms with van der Waals surface area (Å²) in [5, 5.41) is 11.0. The molecule has 10 heteroatoms. The number of ether oxygens (including phenoxy) is 3. The summed E-state index contributed by atoms with van der Waals surface area (Å²) in [4.78, 5) is 23.7. The van der Waals surface area contributed by atoms with Gasteiger partial charge in [0.25, 0.3) is 5.22 Å². The number of nitrogens with one attached hydrogen (secondary N) is 1. The highest BCUT2D eigenvalue weighted by atomic mass is 32.2. The summed E-state index contributed by atoms with van der Waals surface area (Å²) in [5.41, 5.74) is 1.65. The van der Waals surface area contributed by atoms with E-state index in [9.17, 15) is 9.59 Å². The van der Waals surface area contributed by atoms with Crippen LogP contribution in [0.4, 0.5) is 5.69 Å². The summed E-state index contributed by atoms with van der Waals surface area (Å²) in [5.74, 6) is 1.33. The fraction of sp³-hybridized carbons (Fsp3) is 0.238. The number of nitrogens with zero attached hydrogens (tertiary/aromatic N) is 2. The average Bonchev–Trinajstić information content (AvgIpc) is 3.26. The number of anilines is 1. The molecule has 0 aliphatic carbocycles. The first-order valence-corrected chi connectivity index (χ1v) is 10.1. The minimum absolute atomic E-state index is 0.0567. The third-order valence-corrected chi connectivity index (χ3v) is 5.02. The normalized spacial score (nSPS) is 10.5. The number of benzene rings is 2. The van der Waals surface area contributed by atoms with Gasteiger partial charge in [0.15, 0.2) is 17.3 Å². The van der Waals surface area contributed by atoms with Gasteiger partial charge in [0.05, 0.1) is 27.1 Å². The van der Waals surface area contributed by atoms with Crippen molar-refractivity contribution in [3.8, 4) is 28.7 Å². The van der Waals surface area contributed by atoms with E-state index in [1.807, 2.05) is 0 Å². The number of carbonyl (C=O) groups is 2. The number of Topliss-reactive ketones (excluding diaryl/α,β-unsaturated/α-hetero) is 1. The molecule has 3 rings (SSSR count). The van der Waals surface area contributed by atoms with Crippen LogP contribution in [-0.4, -0.2) is 49.0 Å². The Kier molecular flexibility index (Phi) is 7.14. The maximum atomic E-state index is 12.2. The predicted octanol–water partition coefficient (Wildman–Crippen LogP) is 3.70. The van der Waals surface area contributed by atoms with Gasteiger partial charge < -0.3 is 23.9 Å². The lowest BCUT2D eigenvalue weighted by Crippen LogP contribution is -2.14. The molecule has 0 saturated carbocycles. The van der Waals surface area contributed by atoms with Gasteiger partial charge >= 0.3 is 0 Å². The Morgan fingerprint density at radius 2 is 1.74 bits per heavy atom. The lowest BCUT2D eigenvalue weighted by Gasteiger charge is -2.12. The molecule has 0 spiro atoms. The van der Waals surface area contributed by atoms with Gasteiger partial charge in [-0.3, -0.25) is 9.59 Å². The topological polar surface area (TPSA) is 113 Å². The van der Waals surface area contributed by atoms with Crippen molar-refractivity contribution in [1.29, 1.82) is 0 Å².